The first-order chi connectivity index (χ1) is 15.2. The minimum atomic E-state index is -1.04. The molecule has 1 heterocycles. The lowest BCUT2D eigenvalue weighted by molar-refractivity contribution is 0.0742. The molecular formula is C26H27ClN2O2S. The van der Waals surface area contributed by atoms with Crippen LogP contribution in [0.2, 0.25) is 0 Å². The summed E-state index contributed by atoms with van der Waals surface area (Å²) in [5.74, 6) is 0.935. The summed E-state index contributed by atoms with van der Waals surface area (Å²) < 4.78 is 13.9. The second-order valence-corrected chi connectivity index (χ2v) is 10.5. The van der Waals surface area contributed by atoms with Gasteiger partial charge < -0.3 is 9.67 Å². The zero-order valence-electron chi connectivity index (χ0n) is 18.4. The Morgan fingerprint density at radius 1 is 1.06 bits per heavy atom. The molecule has 0 saturated carbocycles. The summed E-state index contributed by atoms with van der Waals surface area (Å²) in [5, 5.41) is 10.5. The molecule has 0 saturated heterocycles. The smallest absolute Gasteiger partial charge is 0.140 e. The van der Waals surface area contributed by atoms with Gasteiger partial charge in [-0.2, -0.15) is 0 Å². The van der Waals surface area contributed by atoms with E-state index in [0.717, 1.165) is 27.4 Å². The number of nitrogens with zero attached hydrogens (tertiary/aromatic N) is 2. The first kappa shape index (κ1) is 22.7. The number of aromatic nitrogens is 2. The summed E-state index contributed by atoms with van der Waals surface area (Å²) in [4.78, 5) is 5.58. The molecule has 6 heteroatoms. The Hall–Kier alpha value is -2.47. The van der Waals surface area contributed by atoms with Crippen molar-refractivity contribution in [3.05, 3.63) is 84.7 Å². The minimum absolute atomic E-state index is 0.0837. The molecule has 0 amide bonds. The lowest BCUT2D eigenvalue weighted by atomic mass is 10.00. The predicted molar refractivity (Wildman–Crippen MR) is 132 cm³/mol. The van der Waals surface area contributed by atoms with Crippen molar-refractivity contribution in [3.8, 4) is 22.5 Å². The topological polar surface area (TPSA) is 55.1 Å². The quantitative estimate of drug-likeness (QED) is 0.486. The lowest BCUT2D eigenvalue weighted by Crippen LogP contribution is -2.19. The monoisotopic (exact) mass is 466 g/mol. The van der Waals surface area contributed by atoms with Gasteiger partial charge in [0.25, 0.3) is 0 Å². The van der Waals surface area contributed by atoms with Crippen LogP contribution in [0.25, 0.3) is 22.5 Å². The van der Waals surface area contributed by atoms with E-state index in [1.807, 2.05) is 73.0 Å². The van der Waals surface area contributed by atoms with Gasteiger partial charge in [0.2, 0.25) is 0 Å². The summed E-state index contributed by atoms with van der Waals surface area (Å²) in [6, 6.07) is 15.9. The van der Waals surface area contributed by atoms with Crippen LogP contribution in [0.1, 0.15) is 19.5 Å². The summed E-state index contributed by atoms with van der Waals surface area (Å²) in [6.07, 6.45) is 11.7. The second-order valence-electron chi connectivity index (χ2n) is 8.60. The summed E-state index contributed by atoms with van der Waals surface area (Å²) in [6.45, 7) is 4.15. The van der Waals surface area contributed by atoms with Gasteiger partial charge in [-0.25, -0.2) is 4.98 Å². The SMILES string of the molecule is CS(=O)c1cccc(-c2ccc(-c3nc(C(C)(C)O)cn3C[C@H]3C=CC=CC3Cl)cc2)c1. The summed E-state index contributed by atoms with van der Waals surface area (Å²) >= 11 is 6.51. The maximum absolute atomic E-state index is 11.8. The number of aliphatic hydroxyl groups is 1. The van der Waals surface area contributed by atoms with Gasteiger partial charge in [-0.3, -0.25) is 4.21 Å². The fourth-order valence-electron chi connectivity index (χ4n) is 3.76. The van der Waals surface area contributed by atoms with Crippen molar-refractivity contribution >= 4 is 22.4 Å². The van der Waals surface area contributed by atoms with Crippen LogP contribution in [-0.4, -0.2) is 30.5 Å². The van der Waals surface area contributed by atoms with Gasteiger partial charge >= 0.3 is 0 Å². The molecule has 0 bridgehead atoms. The number of halogens is 1. The molecule has 32 heavy (non-hydrogen) atoms. The van der Waals surface area contributed by atoms with E-state index in [9.17, 15) is 9.32 Å². The average Bonchev–Trinajstić information content (AvgIpc) is 3.20. The van der Waals surface area contributed by atoms with Crippen LogP contribution in [0.4, 0.5) is 0 Å². The number of benzene rings is 2. The van der Waals surface area contributed by atoms with Crippen LogP contribution < -0.4 is 0 Å². The third-order valence-corrected chi connectivity index (χ3v) is 7.01. The molecule has 4 rings (SSSR count). The third kappa shape index (κ3) is 4.96. The molecule has 0 radical (unpaired) electrons. The van der Waals surface area contributed by atoms with Crippen LogP contribution in [-0.2, 0) is 22.9 Å². The highest BCUT2D eigenvalue weighted by atomic mass is 35.5. The van der Waals surface area contributed by atoms with Gasteiger partial charge in [-0.1, -0.05) is 60.7 Å². The van der Waals surface area contributed by atoms with E-state index in [2.05, 4.69) is 10.6 Å². The van der Waals surface area contributed by atoms with Crippen LogP contribution in [0.3, 0.4) is 0 Å². The Balaban J connectivity index is 1.68. The summed E-state index contributed by atoms with van der Waals surface area (Å²) in [7, 11) is -1.02. The van der Waals surface area contributed by atoms with Crippen molar-refractivity contribution < 1.29 is 9.32 Å². The van der Waals surface area contributed by atoms with Gasteiger partial charge in [0.05, 0.1) is 11.1 Å². The van der Waals surface area contributed by atoms with Crippen LogP contribution in [0.5, 0.6) is 0 Å². The molecule has 1 aliphatic carbocycles. The minimum Gasteiger partial charge on any atom is -0.384 e. The molecule has 2 aromatic carbocycles. The van der Waals surface area contributed by atoms with E-state index in [-0.39, 0.29) is 11.3 Å². The Morgan fingerprint density at radius 3 is 2.41 bits per heavy atom. The van der Waals surface area contributed by atoms with Crippen LogP contribution in [0, 0.1) is 5.92 Å². The zero-order valence-corrected chi connectivity index (χ0v) is 20.0. The van der Waals surface area contributed by atoms with Crippen molar-refractivity contribution in [1.29, 1.82) is 0 Å². The number of imidazole rings is 1. The van der Waals surface area contributed by atoms with Gasteiger partial charge in [0, 0.05) is 46.2 Å². The van der Waals surface area contributed by atoms with Crippen molar-refractivity contribution in [2.75, 3.05) is 6.26 Å². The fraction of sp³-hybridized carbons (Fsp3) is 0.269. The highest BCUT2D eigenvalue weighted by Crippen LogP contribution is 2.30. The Bertz CT molecular complexity index is 1190. The number of hydrogen-bond acceptors (Lipinski definition) is 3. The Kier molecular flexibility index (Phi) is 6.52. The standard InChI is InChI=1S/C26H27ClN2O2S/c1-26(2,30)24-17-29(16-21-7-4-5-10-23(21)27)25(28-24)19-13-11-18(12-14-19)20-8-6-9-22(15-20)32(3)31/h4-15,17,21,23,30H,16H2,1-3H3/t21-,23?,32?/m1/s1. The van der Waals surface area contributed by atoms with Gasteiger partial charge in [0.15, 0.2) is 0 Å². The molecule has 166 valence electrons. The molecule has 1 aromatic heterocycles. The van der Waals surface area contributed by atoms with Crippen molar-refractivity contribution in [2.24, 2.45) is 5.92 Å². The molecule has 1 aliphatic rings. The van der Waals surface area contributed by atoms with Crippen LogP contribution >= 0.6 is 11.6 Å². The zero-order chi connectivity index (χ0) is 22.9. The van der Waals surface area contributed by atoms with Crippen molar-refractivity contribution in [1.82, 2.24) is 9.55 Å². The number of hydrogen-bond donors (Lipinski definition) is 1. The highest BCUT2D eigenvalue weighted by molar-refractivity contribution is 7.84. The maximum Gasteiger partial charge on any atom is 0.140 e. The van der Waals surface area contributed by atoms with Gasteiger partial charge in [0.1, 0.15) is 11.4 Å². The molecule has 3 aromatic rings. The van der Waals surface area contributed by atoms with E-state index in [1.165, 1.54) is 0 Å². The molecule has 0 spiro atoms. The Morgan fingerprint density at radius 2 is 1.75 bits per heavy atom. The Labute approximate surface area is 196 Å². The second kappa shape index (κ2) is 9.18. The number of allylic oxidation sites excluding steroid dienone is 4. The largest absolute Gasteiger partial charge is 0.384 e. The molecular weight excluding hydrogens is 440 g/mol. The van der Waals surface area contributed by atoms with Gasteiger partial charge in [-0.15, -0.1) is 11.6 Å². The molecule has 0 fully saturated rings. The van der Waals surface area contributed by atoms with E-state index in [1.54, 1.807) is 20.1 Å². The maximum atomic E-state index is 11.8. The van der Waals surface area contributed by atoms with E-state index < -0.39 is 16.4 Å². The fourth-order valence-corrected chi connectivity index (χ4v) is 4.57. The first-order valence-corrected chi connectivity index (χ1v) is 12.6. The van der Waals surface area contributed by atoms with Crippen molar-refractivity contribution in [2.45, 2.75) is 36.3 Å². The van der Waals surface area contributed by atoms with E-state index in [4.69, 9.17) is 16.6 Å². The molecule has 1 N–H and O–H groups in total. The summed E-state index contributed by atoms with van der Waals surface area (Å²) in [5.41, 5.74) is 2.60. The number of alkyl halides is 1. The molecule has 3 atom stereocenters. The van der Waals surface area contributed by atoms with E-state index in [0.29, 0.717) is 12.2 Å². The van der Waals surface area contributed by atoms with Crippen LogP contribution in [0.15, 0.2) is 83.9 Å². The van der Waals surface area contributed by atoms with Gasteiger partial charge in [-0.05, 0) is 37.1 Å². The normalized spacial score (nSPS) is 19.3. The number of rotatable bonds is 6. The highest BCUT2D eigenvalue weighted by Gasteiger charge is 2.25. The predicted octanol–water partition coefficient (Wildman–Crippen LogP) is 5.53. The molecule has 2 unspecified atom stereocenters. The van der Waals surface area contributed by atoms with E-state index >= 15 is 0 Å². The first-order valence-electron chi connectivity index (χ1n) is 10.6. The van der Waals surface area contributed by atoms with Crippen molar-refractivity contribution in [3.63, 3.8) is 0 Å². The third-order valence-electron chi connectivity index (χ3n) is 5.63. The average molecular weight is 467 g/mol. The lowest BCUT2D eigenvalue weighted by Gasteiger charge is -2.20. The molecule has 0 aliphatic heterocycles. The molecule has 4 nitrogen and oxygen atoms in total.